The van der Waals surface area contributed by atoms with Crippen LogP contribution < -0.4 is 0 Å². The summed E-state index contributed by atoms with van der Waals surface area (Å²) in [6.45, 7) is 4.11. The summed E-state index contributed by atoms with van der Waals surface area (Å²) in [4.78, 5) is 16.8. The monoisotopic (exact) mass is 350 g/mol. The minimum absolute atomic E-state index is 0.353. The van der Waals surface area contributed by atoms with Crippen LogP contribution in [0.15, 0.2) is 30.3 Å². The van der Waals surface area contributed by atoms with Crippen LogP contribution in [0.4, 0.5) is 0 Å². The molecule has 1 aromatic rings. The van der Waals surface area contributed by atoms with Crippen molar-refractivity contribution in [3.05, 3.63) is 35.9 Å². The molecule has 4 heteroatoms. The maximum absolute atomic E-state index is 12.2. The predicted octanol–water partition coefficient (Wildman–Crippen LogP) is 2.89. The summed E-state index contributed by atoms with van der Waals surface area (Å²) in [5.41, 5.74) is 1.37. The fourth-order valence-electron chi connectivity index (χ4n) is 3.54. The molecular formula is C17H23BrN2O. The third kappa shape index (κ3) is 3.67. The number of likely N-dealkylation sites (tertiary alicyclic amines) is 2. The lowest BCUT2D eigenvalue weighted by molar-refractivity contribution is -0.130. The quantitative estimate of drug-likeness (QED) is 0.779. The SMILES string of the molecule is O=C1CC(CBr)CN1[C@@H]1CCCN(Cc2ccccc2)C1. The summed E-state index contributed by atoms with van der Waals surface area (Å²) in [7, 11) is 0. The molecular weight excluding hydrogens is 328 g/mol. The van der Waals surface area contributed by atoms with Gasteiger partial charge < -0.3 is 4.90 Å². The first-order valence-electron chi connectivity index (χ1n) is 7.88. The smallest absolute Gasteiger partial charge is 0.223 e. The van der Waals surface area contributed by atoms with Crippen LogP contribution in [-0.4, -0.2) is 46.7 Å². The number of piperidine rings is 1. The van der Waals surface area contributed by atoms with Gasteiger partial charge in [0.1, 0.15) is 0 Å². The van der Waals surface area contributed by atoms with Gasteiger partial charge in [-0.2, -0.15) is 0 Å². The van der Waals surface area contributed by atoms with Crippen LogP contribution in [0.1, 0.15) is 24.8 Å². The molecule has 3 nitrogen and oxygen atoms in total. The molecule has 0 aromatic heterocycles. The van der Waals surface area contributed by atoms with E-state index in [9.17, 15) is 4.79 Å². The highest BCUT2D eigenvalue weighted by molar-refractivity contribution is 9.09. The van der Waals surface area contributed by atoms with E-state index in [4.69, 9.17) is 0 Å². The number of benzene rings is 1. The third-order valence-electron chi connectivity index (χ3n) is 4.63. The van der Waals surface area contributed by atoms with Gasteiger partial charge in [0.25, 0.3) is 0 Å². The number of carbonyl (C=O) groups is 1. The van der Waals surface area contributed by atoms with Gasteiger partial charge in [0.2, 0.25) is 5.91 Å². The number of amides is 1. The molecule has 1 unspecified atom stereocenters. The molecule has 2 atom stereocenters. The largest absolute Gasteiger partial charge is 0.338 e. The van der Waals surface area contributed by atoms with Crippen molar-refractivity contribution in [2.75, 3.05) is 25.0 Å². The fraction of sp³-hybridized carbons (Fsp3) is 0.588. The van der Waals surface area contributed by atoms with Crippen LogP contribution >= 0.6 is 15.9 Å². The topological polar surface area (TPSA) is 23.6 Å². The zero-order valence-corrected chi connectivity index (χ0v) is 14.0. The van der Waals surface area contributed by atoms with E-state index >= 15 is 0 Å². The molecule has 2 heterocycles. The van der Waals surface area contributed by atoms with E-state index in [1.165, 1.54) is 12.0 Å². The summed E-state index contributed by atoms with van der Waals surface area (Å²) < 4.78 is 0. The van der Waals surface area contributed by atoms with Gasteiger partial charge in [0.05, 0.1) is 0 Å². The Kier molecular flexibility index (Phi) is 4.96. The van der Waals surface area contributed by atoms with E-state index in [2.05, 4.69) is 56.1 Å². The van der Waals surface area contributed by atoms with Crippen molar-refractivity contribution < 1.29 is 4.79 Å². The zero-order chi connectivity index (χ0) is 14.7. The van der Waals surface area contributed by atoms with Crippen molar-refractivity contribution in [1.29, 1.82) is 0 Å². The van der Waals surface area contributed by atoms with E-state index in [-0.39, 0.29) is 0 Å². The van der Waals surface area contributed by atoms with Gasteiger partial charge in [-0.25, -0.2) is 0 Å². The average Bonchev–Trinajstić information content (AvgIpc) is 2.90. The maximum Gasteiger partial charge on any atom is 0.223 e. The number of nitrogens with zero attached hydrogens (tertiary/aromatic N) is 2. The molecule has 1 amide bonds. The molecule has 21 heavy (non-hydrogen) atoms. The maximum atomic E-state index is 12.2. The lowest BCUT2D eigenvalue weighted by atomic mass is 10.0. The van der Waals surface area contributed by atoms with Crippen LogP contribution in [0.2, 0.25) is 0 Å². The molecule has 0 aliphatic carbocycles. The van der Waals surface area contributed by atoms with Gasteiger partial charge in [0.15, 0.2) is 0 Å². The van der Waals surface area contributed by atoms with Gasteiger partial charge in [-0.3, -0.25) is 9.69 Å². The van der Waals surface area contributed by atoms with Crippen molar-refractivity contribution in [2.24, 2.45) is 5.92 Å². The molecule has 2 aliphatic rings. The van der Waals surface area contributed by atoms with Gasteiger partial charge in [-0.1, -0.05) is 46.3 Å². The van der Waals surface area contributed by atoms with E-state index in [1.807, 2.05) is 0 Å². The van der Waals surface area contributed by atoms with Crippen molar-refractivity contribution in [2.45, 2.75) is 31.8 Å². The Bertz CT molecular complexity index is 479. The first kappa shape index (κ1) is 15.0. The second kappa shape index (κ2) is 6.93. The predicted molar refractivity (Wildman–Crippen MR) is 88.4 cm³/mol. The highest BCUT2D eigenvalue weighted by atomic mass is 79.9. The summed E-state index contributed by atoms with van der Waals surface area (Å²) in [5.74, 6) is 0.855. The van der Waals surface area contributed by atoms with Crippen LogP contribution in [0.5, 0.6) is 0 Å². The Morgan fingerprint density at radius 2 is 2.00 bits per heavy atom. The Labute approximate surface area is 135 Å². The molecule has 1 aromatic carbocycles. The number of halogens is 1. The lowest BCUT2D eigenvalue weighted by Crippen LogP contribution is -2.48. The number of hydrogen-bond acceptors (Lipinski definition) is 2. The summed E-state index contributed by atoms with van der Waals surface area (Å²) in [6.07, 6.45) is 3.08. The van der Waals surface area contributed by atoms with E-state index in [1.54, 1.807) is 0 Å². The molecule has 0 N–H and O–H groups in total. The standard InChI is InChI=1S/C17H23BrN2O/c18-10-15-9-17(21)20(12-15)16-7-4-8-19(13-16)11-14-5-2-1-3-6-14/h1-3,5-6,15-16H,4,7-13H2/t15?,16-/m1/s1. The van der Waals surface area contributed by atoms with Crippen molar-refractivity contribution in [1.82, 2.24) is 9.80 Å². The summed E-state index contributed by atoms with van der Waals surface area (Å²) >= 11 is 3.52. The van der Waals surface area contributed by atoms with Crippen LogP contribution in [0.25, 0.3) is 0 Å². The Morgan fingerprint density at radius 1 is 1.19 bits per heavy atom. The van der Waals surface area contributed by atoms with E-state index in [0.717, 1.165) is 44.4 Å². The first-order valence-corrected chi connectivity index (χ1v) is 9.00. The highest BCUT2D eigenvalue weighted by Crippen LogP contribution is 2.26. The number of rotatable bonds is 4. The molecule has 0 bridgehead atoms. The molecule has 0 spiro atoms. The molecule has 2 saturated heterocycles. The van der Waals surface area contributed by atoms with Crippen molar-refractivity contribution >= 4 is 21.8 Å². The van der Waals surface area contributed by atoms with Crippen LogP contribution in [0.3, 0.4) is 0 Å². The van der Waals surface area contributed by atoms with Gasteiger partial charge in [-0.15, -0.1) is 0 Å². The third-order valence-corrected chi connectivity index (χ3v) is 5.54. The zero-order valence-electron chi connectivity index (χ0n) is 12.4. The van der Waals surface area contributed by atoms with Gasteiger partial charge in [-0.05, 0) is 30.9 Å². The van der Waals surface area contributed by atoms with Gasteiger partial charge >= 0.3 is 0 Å². The molecule has 0 saturated carbocycles. The Hall–Kier alpha value is -0.870. The van der Waals surface area contributed by atoms with Crippen molar-refractivity contribution in [3.8, 4) is 0 Å². The summed E-state index contributed by atoms with van der Waals surface area (Å²) in [6, 6.07) is 11.0. The fourth-order valence-corrected chi connectivity index (χ4v) is 3.97. The second-order valence-corrected chi connectivity index (χ2v) is 6.93. The molecule has 2 aliphatic heterocycles. The molecule has 2 fully saturated rings. The van der Waals surface area contributed by atoms with Crippen LogP contribution in [-0.2, 0) is 11.3 Å². The number of alkyl halides is 1. The lowest BCUT2D eigenvalue weighted by Gasteiger charge is -2.37. The molecule has 3 rings (SSSR count). The minimum Gasteiger partial charge on any atom is -0.338 e. The summed E-state index contributed by atoms with van der Waals surface area (Å²) in [5, 5.41) is 0.940. The second-order valence-electron chi connectivity index (χ2n) is 6.29. The minimum atomic E-state index is 0.353. The highest BCUT2D eigenvalue weighted by Gasteiger charge is 2.35. The first-order chi connectivity index (χ1) is 10.3. The normalized spacial score (nSPS) is 27.3. The Balaban J connectivity index is 1.59. The Morgan fingerprint density at radius 3 is 2.71 bits per heavy atom. The average molecular weight is 351 g/mol. The van der Waals surface area contributed by atoms with Crippen LogP contribution in [0, 0.1) is 5.92 Å². The van der Waals surface area contributed by atoms with E-state index < -0.39 is 0 Å². The van der Waals surface area contributed by atoms with E-state index in [0.29, 0.717) is 17.9 Å². The molecule has 0 radical (unpaired) electrons. The number of hydrogen-bond donors (Lipinski definition) is 0. The number of carbonyl (C=O) groups excluding carboxylic acids is 1. The molecule has 114 valence electrons. The van der Waals surface area contributed by atoms with Gasteiger partial charge in [0, 0.05) is 37.4 Å². The van der Waals surface area contributed by atoms with Crippen molar-refractivity contribution in [3.63, 3.8) is 0 Å².